The van der Waals surface area contributed by atoms with E-state index in [1.807, 2.05) is 0 Å². The van der Waals surface area contributed by atoms with E-state index < -0.39 is 30.0 Å². The Morgan fingerprint density at radius 2 is 1.81 bits per heavy atom. The number of aromatic carboxylic acids is 1. The SMILES string of the molecule is O=C(O)c1cccc(C(=O)N2CCOCC2CNC(=O)c2ccc(-c3noc(C(F)(F)F)n3)cc2)c1. The lowest BCUT2D eigenvalue weighted by molar-refractivity contribution is -0.159. The first-order valence-corrected chi connectivity index (χ1v) is 10.6. The summed E-state index contributed by atoms with van der Waals surface area (Å²) in [6, 6.07) is 10.7. The summed E-state index contributed by atoms with van der Waals surface area (Å²) in [5, 5.41) is 15.2. The summed E-state index contributed by atoms with van der Waals surface area (Å²) >= 11 is 0. The molecule has 1 atom stereocenters. The van der Waals surface area contributed by atoms with Crippen molar-refractivity contribution >= 4 is 17.8 Å². The highest BCUT2D eigenvalue weighted by Gasteiger charge is 2.38. The molecular weight excluding hydrogens is 485 g/mol. The monoisotopic (exact) mass is 504 g/mol. The van der Waals surface area contributed by atoms with Crippen molar-refractivity contribution in [3.8, 4) is 11.4 Å². The average Bonchev–Trinajstić information content (AvgIpc) is 3.38. The van der Waals surface area contributed by atoms with Crippen molar-refractivity contribution < 1.29 is 41.9 Å². The quantitative estimate of drug-likeness (QED) is 0.523. The number of halogens is 3. The van der Waals surface area contributed by atoms with Gasteiger partial charge in [-0.2, -0.15) is 18.2 Å². The van der Waals surface area contributed by atoms with Gasteiger partial charge in [-0.05, 0) is 30.3 Å². The number of aromatic nitrogens is 2. The van der Waals surface area contributed by atoms with E-state index in [9.17, 15) is 32.7 Å². The second-order valence-electron chi connectivity index (χ2n) is 7.82. The first-order chi connectivity index (χ1) is 17.1. The van der Waals surface area contributed by atoms with Crippen molar-refractivity contribution in [3.63, 3.8) is 0 Å². The van der Waals surface area contributed by atoms with Crippen LogP contribution < -0.4 is 5.32 Å². The number of carbonyl (C=O) groups excluding carboxylic acids is 2. The summed E-state index contributed by atoms with van der Waals surface area (Å²) in [6.07, 6.45) is -4.76. The zero-order valence-electron chi connectivity index (χ0n) is 18.5. The lowest BCUT2D eigenvalue weighted by Gasteiger charge is -2.35. The molecule has 0 radical (unpaired) electrons. The van der Waals surface area contributed by atoms with Gasteiger partial charge in [0.25, 0.3) is 11.8 Å². The van der Waals surface area contributed by atoms with E-state index in [0.717, 1.165) is 0 Å². The number of amides is 2. The summed E-state index contributed by atoms with van der Waals surface area (Å²) < 4.78 is 47.6. The van der Waals surface area contributed by atoms with Gasteiger partial charge in [-0.3, -0.25) is 9.59 Å². The molecule has 0 saturated carbocycles. The minimum atomic E-state index is -4.76. The van der Waals surface area contributed by atoms with Crippen LogP contribution in [0.15, 0.2) is 53.1 Å². The molecule has 2 N–H and O–H groups in total. The molecule has 4 rings (SSSR count). The van der Waals surface area contributed by atoms with Crippen LogP contribution in [0.2, 0.25) is 0 Å². The van der Waals surface area contributed by atoms with E-state index in [2.05, 4.69) is 20.0 Å². The number of benzene rings is 2. The van der Waals surface area contributed by atoms with Crippen molar-refractivity contribution in [1.82, 2.24) is 20.4 Å². The Hall–Kier alpha value is -4.26. The summed E-state index contributed by atoms with van der Waals surface area (Å²) in [4.78, 5) is 41.7. The van der Waals surface area contributed by atoms with Crippen molar-refractivity contribution in [2.24, 2.45) is 0 Å². The molecule has 2 amide bonds. The molecule has 1 aliphatic heterocycles. The molecule has 0 spiro atoms. The molecule has 3 aromatic rings. The maximum absolute atomic E-state index is 13.0. The number of rotatable bonds is 6. The predicted octanol–water partition coefficient (Wildman–Crippen LogP) is 2.72. The van der Waals surface area contributed by atoms with E-state index in [1.54, 1.807) is 0 Å². The first kappa shape index (κ1) is 24.9. The fourth-order valence-corrected chi connectivity index (χ4v) is 3.58. The Kier molecular flexibility index (Phi) is 7.01. The summed E-state index contributed by atoms with van der Waals surface area (Å²) in [5.41, 5.74) is 0.644. The Balaban J connectivity index is 1.40. The fourth-order valence-electron chi connectivity index (χ4n) is 3.58. The third-order valence-corrected chi connectivity index (χ3v) is 5.42. The normalized spacial score (nSPS) is 16.0. The molecule has 188 valence electrons. The van der Waals surface area contributed by atoms with Gasteiger partial charge in [-0.1, -0.05) is 23.4 Å². The molecule has 2 aromatic carbocycles. The van der Waals surface area contributed by atoms with Gasteiger partial charge >= 0.3 is 18.0 Å². The number of alkyl halides is 3. The molecule has 0 bridgehead atoms. The first-order valence-electron chi connectivity index (χ1n) is 10.6. The lowest BCUT2D eigenvalue weighted by Crippen LogP contribution is -2.53. The standard InChI is InChI=1S/C23H19F3N4O6/c24-23(25,26)22-28-18(29-36-22)13-4-6-14(7-5-13)19(31)27-11-17-12-35-9-8-30(17)20(32)15-2-1-3-16(10-15)21(33)34/h1-7,10,17H,8-9,11-12H2,(H,27,31)(H,33,34). The van der Waals surface area contributed by atoms with Crippen LogP contribution in [0.5, 0.6) is 0 Å². The molecule has 36 heavy (non-hydrogen) atoms. The zero-order chi connectivity index (χ0) is 25.9. The molecule has 1 saturated heterocycles. The second kappa shape index (κ2) is 10.2. The van der Waals surface area contributed by atoms with Gasteiger partial charge in [0.15, 0.2) is 0 Å². The summed E-state index contributed by atoms with van der Waals surface area (Å²) in [7, 11) is 0. The number of ether oxygens (including phenoxy) is 1. The molecule has 0 aliphatic carbocycles. The molecule has 2 heterocycles. The summed E-state index contributed by atoms with van der Waals surface area (Å²) in [5.74, 6) is -3.75. The second-order valence-corrected chi connectivity index (χ2v) is 7.82. The highest BCUT2D eigenvalue weighted by Crippen LogP contribution is 2.29. The molecule has 10 nitrogen and oxygen atoms in total. The number of carboxylic acid groups (broad SMARTS) is 1. The molecular formula is C23H19F3N4O6. The molecule has 1 unspecified atom stereocenters. The fraction of sp³-hybridized carbons (Fsp3) is 0.261. The topological polar surface area (TPSA) is 135 Å². The Labute approximate surface area is 201 Å². The van der Waals surface area contributed by atoms with E-state index in [-0.39, 0.29) is 53.7 Å². The van der Waals surface area contributed by atoms with E-state index in [0.29, 0.717) is 6.61 Å². The van der Waals surface area contributed by atoms with Crippen LogP contribution in [-0.4, -0.2) is 70.3 Å². The van der Waals surface area contributed by atoms with Gasteiger partial charge in [0.05, 0.1) is 24.8 Å². The maximum atomic E-state index is 13.0. The minimum Gasteiger partial charge on any atom is -0.478 e. The minimum absolute atomic E-state index is 0.0159. The van der Waals surface area contributed by atoms with Crippen LogP contribution in [0.1, 0.15) is 37.0 Å². The molecule has 1 aliphatic rings. The Bertz CT molecular complexity index is 1280. The van der Waals surface area contributed by atoms with Crippen LogP contribution in [0.4, 0.5) is 13.2 Å². The van der Waals surface area contributed by atoms with Crippen LogP contribution >= 0.6 is 0 Å². The van der Waals surface area contributed by atoms with E-state index in [1.165, 1.54) is 53.4 Å². The number of carbonyl (C=O) groups is 3. The Morgan fingerprint density at radius 1 is 1.08 bits per heavy atom. The number of hydrogen-bond acceptors (Lipinski definition) is 7. The summed E-state index contributed by atoms with van der Waals surface area (Å²) in [6.45, 7) is 0.784. The average molecular weight is 504 g/mol. The molecule has 1 aromatic heterocycles. The third-order valence-electron chi connectivity index (χ3n) is 5.42. The lowest BCUT2D eigenvalue weighted by atomic mass is 10.1. The van der Waals surface area contributed by atoms with E-state index >= 15 is 0 Å². The van der Waals surface area contributed by atoms with Gasteiger partial charge in [0.2, 0.25) is 5.82 Å². The smallest absolute Gasteiger partial charge is 0.471 e. The predicted molar refractivity (Wildman–Crippen MR) is 116 cm³/mol. The highest BCUT2D eigenvalue weighted by molar-refractivity contribution is 5.98. The number of nitrogens with zero attached hydrogens (tertiary/aromatic N) is 3. The molecule has 1 fully saturated rings. The van der Waals surface area contributed by atoms with Crippen LogP contribution in [0.25, 0.3) is 11.4 Å². The van der Waals surface area contributed by atoms with Crippen molar-refractivity contribution in [2.75, 3.05) is 26.3 Å². The van der Waals surface area contributed by atoms with Gasteiger partial charge < -0.3 is 24.6 Å². The zero-order valence-corrected chi connectivity index (χ0v) is 18.5. The van der Waals surface area contributed by atoms with Gasteiger partial charge in [-0.25, -0.2) is 4.79 Å². The van der Waals surface area contributed by atoms with E-state index in [4.69, 9.17) is 4.74 Å². The maximum Gasteiger partial charge on any atom is 0.471 e. The number of morpholine rings is 1. The Morgan fingerprint density at radius 3 is 2.47 bits per heavy atom. The number of carboxylic acids is 1. The highest BCUT2D eigenvalue weighted by atomic mass is 19.4. The van der Waals surface area contributed by atoms with Gasteiger partial charge in [0, 0.05) is 29.8 Å². The van der Waals surface area contributed by atoms with Crippen molar-refractivity contribution in [1.29, 1.82) is 0 Å². The van der Waals surface area contributed by atoms with Crippen LogP contribution in [0.3, 0.4) is 0 Å². The largest absolute Gasteiger partial charge is 0.478 e. The molecule has 13 heteroatoms. The van der Waals surface area contributed by atoms with Crippen molar-refractivity contribution in [3.05, 3.63) is 71.1 Å². The van der Waals surface area contributed by atoms with Crippen LogP contribution in [-0.2, 0) is 10.9 Å². The van der Waals surface area contributed by atoms with Crippen LogP contribution in [0, 0.1) is 0 Å². The van der Waals surface area contributed by atoms with Crippen molar-refractivity contribution in [2.45, 2.75) is 12.2 Å². The van der Waals surface area contributed by atoms with Gasteiger partial charge in [-0.15, -0.1) is 0 Å². The number of nitrogens with one attached hydrogen (secondary N) is 1. The number of hydrogen-bond donors (Lipinski definition) is 2. The third kappa shape index (κ3) is 5.51. The van der Waals surface area contributed by atoms with Gasteiger partial charge in [0.1, 0.15) is 0 Å².